The third-order valence-electron chi connectivity index (χ3n) is 8.68. The molecule has 0 bridgehead atoms. The van der Waals surface area contributed by atoms with Crippen molar-refractivity contribution in [2.75, 3.05) is 13.2 Å². The highest BCUT2D eigenvalue weighted by atomic mass is 28.4. The number of hydrogen-bond acceptors (Lipinski definition) is 4. The summed E-state index contributed by atoms with van der Waals surface area (Å²) in [6.45, 7) is 20.9. The zero-order valence-electron chi connectivity index (χ0n) is 21.4. The van der Waals surface area contributed by atoms with Gasteiger partial charge in [0.15, 0.2) is 8.32 Å². The molecule has 176 valence electrons. The Morgan fingerprint density at radius 1 is 1.12 bits per heavy atom. The van der Waals surface area contributed by atoms with Crippen LogP contribution >= 0.6 is 0 Å². The third-order valence-corrected chi connectivity index (χ3v) is 13.2. The van der Waals surface area contributed by atoms with Gasteiger partial charge in [0.1, 0.15) is 0 Å². The summed E-state index contributed by atoms with van der Waals surface area (Å²) in [6.07, 6.45) is 1.52. The van der Waals surface area contributed by atoms with Crippen LogP contribution in [-0.2, 0) is 25.0 Å². The first-order valence-corrected chi connectivity index (χ1v) is 15.0. The quantitative estimate of drug-likeness (QED) is 0.613. The maximum absolute atomic E-state index is 12.9. The van der Waals surface area contributed by atoms with Crippen LogP contribution in [0.5, 0.6) is 0 Å². The summed E-state index contributed by atoms with van der Waals surface area (Å²) in [6, 6.07) is 6.56. The summed E-state index contributed by atoms with van der Waals surface area (Å²) < 4.78 is 19.1. The van der Waals surface area contributed by atoms with Gasteiger partial charge in [-0.3, -0.25) is 4.79 Å². The van der Waals surface area contributed by atoms with E-state index < -0.39 is 8.32 Å². The minimum atomic E-state index is -1.83. The summed E-state index contributed by atoms with van der Waals surface area (Å²) >= 11 is 0. The maximum atomic E-state index is 12.9. The first kappa shape index (κ1) is 24.0. The average molecular weight is 457 g/mol. The fourth-order valence-corrected chi connectivity index (χ4v) is 5.97. The number of rotatable bonds is 5. The molecule has 2 atom stereocenters. The molecule has 0 radical (unpaired) electrons. The first-order chi connectivity index (χ1) is 14.6. The Kier molecular flexibility index (Phi) is 5.76. The van der Waals surface area contributed by atoms with E-state index in [4.69, 9.17) is 13.7 Å². The van der Waals surface area contributed by atoms with Crippen molar-refractivity contribution in [1.82, 2.24) is 4.90 Å². The lowest BCUT2D eigenvalue weighted by Gasteiger charge is -2.37. The van der Waals surface area contributed by atoms with Gasteiger partial charge in [0.2, 0.25) is 5.91 Å². The van der Waals surface area contributed by atoms with Crippen LogP contribution in [-0.4, -0.2) is 50.6 Å². The van der Waals surface area contributed by atoms with Crippen LogP contribution in [0.1, 0.15) is 72.1 Å². The van der Waals surface area contributed by atoms with Gasteiger partial charge in [0.25, 0.3) is 0 Å². The van der Waals surface area contributed by atoms with Crippen molar-refractivity contribution in [2.45, 2.75) is 96.7 Å². The molecule has 1 aromatic carbocycles. The highest BCUT2D eigenvalue weighted by Crippen LogP contribution is 2.47. The maximum Gasteiger partial charge on any atom is 0.495 e. The number of nitrogens with zero attached hydrogens (tertiary/aromatic N) is 1. The van der Waals surface area contributed by atoms with Crippen LogP contribution < -0.4 is 5.46 Å². The van der Waals surface area contributed by atoms with E-state index in [1.807, 2.05) is 0 Å². The Balaban J connectivity index is 1.54. The van der Waals surface area contributed by atoms with E-state index >= 15 is 0 Å². The largest absolute Gasteiger partial charge is 0.495 e. The van der Waals surface area contributed by atoms with E-state index in [-0.39, 0.29) is 35.3 Å². The molecule has 0 saturated carbocycles. The van der Waals surface area contributed by atoms with Crippen LogP contribution in [0.2, 0.25) is 18.1 Å². The van der Waals surface area contributed by atoms with Gasteiger partial charge in [0, 0.05) is 13.0 Å². The molecule has 3 aliphatic rings. The molecule has 2 heterocycles. The molecule has 0 N–H and O–H groups in total. The summed E-state index contributed by atoms with van der Waals surface area (Å²) in [5, 5.41) is 0.169. The monoisotopic (exact) mass is 457 g/mol. The molecule has 2 saturated heterocycles. The fraction of sp³-hybridized carbons (Fsp3) is 0.720. The molecular formula is C25H40BNO4Si. The number of carbonyl (C=O) groups excluding carboxylic acids is 1. The summed E-state index contributed by atoms with van der Waals surface area (Å²) in [4.78, 5) is 15.0. The van der Waals surface area contributed by atoms with Gasteiger partial charge in [-0.05, 0) is 74.8 Å². The average Bonchev–Trinajstić information content (AvgIpc) is 3.21. The second kappa shape index (κ2) is 7.69. The SMILES string of the molecule is CC1(C)OB(c2cccc3c2C[C@@H]2CC(=O)N(CCO[Si](C)(C)C(C)(C)C)C32)OC1(C)C. The van der Waals surface area contributed by atoms with Crippen LogP contribution in [0.4, 0.5) is 0 Å². The molecule has 1 amide bonds. The van der Waals surface area contributed by atoms with E-state index in [1.165, 1.54) is 11.1 Å². The molecule has 2 fully saturated rings. The van der Waals surface area contributed by atoms with Crippen molar-refractivity contribution in [3.63, 3.8) is 0 Å². The molecular weight excluding hydrogens is 417 g/mol. The first-order valence-electron chi connectivity index (χ1n) is 12.1. The highest BCUT2D eigenvalue weighted by molar-refractivity contribution is 6.74. The number of likely N-dealkylation sites (tertiary alicyclic amines) is 1. The summed E-state index contributed by atoms with van der Waals surface area (Å²) in [5.41, 5.74) is 2.97. The molecule has 1 unspecified atom stereocenters. The number of hydrogen-bond donors (Lipinski definition) is 0. The number of benzene rings is 1. The van der Waals surface area contributed by atoms with Crippen LogP contribution in [0.15, 0.2) is 18.2 Å². The van der Waals surface area contributed by atoms with Crippen molar-refractivity contribution >= 4 is 26.8 Å². The lowest BCUT2D eigenvalue weighted by Crippen LogP contribution is -2.43. The predicted molar refractivity (Wildman–Crippen MR) is 132 cm³/mol. The normalized spacial score (nSPS) is 26.6. The zero-order valence-corrected chi connectivity index (χ0v) is 22.4. The lowest BCUT2D eigenvalue weighted by atomic mass is 9.74. The smallest absolute Gasteiger partial charge is 0.415 e. The standard InChI is InChI=1S/C25H40BNO4Si/c1-23(2,3)32(8,9)29-14-13-27-21(28)16-17-15-19-18(22(17)27)11-10-12-20(19)26-30-24(4,5)25(6,7)31-26/h10-12,17,22H,13-16H2,1-9H3/t17-,22?/m1/s1. The van der Waals surface area contributed by atoms with E-state index in [0.717, 1.165) is 11.9 Å². The Morgan fingerprint density at radius 3 is 2.34 bits per heavy atom. The minimum absolute atomic E-state index is 0.142. The lowest BCUT2D eigenvalue weighted by molar-refractivity contribution is -0.129. The summed E-state index contributed by atoms with van der Waals surface area (Å²) in [7, 11) is -2.19. The van der Waals surface area contributed by atoms with E-state index in [2.05, 4.69) is 84.7 Å². The van der Waals surface area contributed by atoms with Crippen LogP contribution in [0.25, 0.3) is 0 Å². The number of fused-ring (bicyclic) bond motifs is 3. The Labute approximate surface area is 195 Å². The zero-order chi connectivity index (χ0) is 23.7. The van der Waals surface area contributed by atoms with Crippen molar-refractivity contribution in [3.8, 4) is 0 Å². The molecule has 32 heavy (non-hydrogen) atoms. The molecule has 1 aromatic rings. The minimum Gasteiger partial charge on any atom is -0.415 e. The molecule has 0 aromatic heterocycles. The van der Waals surface area contributed by atoms with Gasteiger partial charge in [0.05, 0.1) is 23.9 Å². The van der Waals surface area contributed by atoms with Crippen molar-refractivity contribution in [3.05, 3.63) is 29.3 Å². The van der Waals surface area contributed by atoms with Crippen molar-refractivity contribution in [2.24, 2.45) is 5.92 Å². The van der Waals surface area contributed by atoms with Crippen molar-refractivity contribution < 1.29 is 18.5 Å². The van der Waals surface area contributed by atoms with E-state index in [9.17, 15) is 4.79 Å². The van der Waals surface area contributed by atoms with Crippen LogP contribution in [0.3, 0.4) is 0 Å². The molecule has 2 aliphatic heterocycles. The molecule has 4 rings (SSSR count). The summed E-state index contributed by atoms with van der Waals surface area (Å²) in [5.74, 6) is 0.583. The second-order valence-corrected chi connectivity index (χ2v) is 17.1. The topological polar surface area (TPSA) is 48.0 Å². The van der Waals surface area contributed by atoms with Gasteiger partial charge in [-0.25, -0.2) is 0 Å². The van der Waals surface area contributed by atoms with Crippen molar-refractivity contribution in [1.29, 1.82) is 0 Å². The van der Waals surface area contributed by atoms with E-state index in [0.29, 0.717) is 25.5 Å². The molecule has 7 heteroatoms. The molecule has 1 aliphatic carbocycles. The second-order valence-electron chi connectivity index (χ2n) is 12.3. The third kappa shape index (κ3) is 3.89. The molecule has 0 spiro atoms. The number of amides is 1. The fourth-order valence-electron chi connectivity index (χ4n) is 4.94. The highest BCUT2D eigenvalue weighted by Gasteiger charge is 2.54. The van der Waals surface area contributed by atoms with Gasteiger partial charge in [-0.1, -0.05) is 39.0 Å². The van der Waals surface area contributed by atoms with Crippen LogP contribution in [0, 0.1) is 5.92 Å². The predicted octanol–water partition coefficient (Wildman–Crippen LogP) is 4.45. The Morgan fingerprint density at radius 2 is 1.75 bits per heavy atom. The van der Waals surface area contributed by atoms with Gasteiger partial charge >= 0.3 is 7.12 Å². The van der Waals surface area contributed by atoms with E-state index in [1.54, 1.807) is 0 Å². The molecule has 5 nitrogen and oxygen atoms in total. The number of carbonyl (C=O) groups is 1. The Bertz CT molecular complexity index is 892. The Hall–Kier alpha value is -1.15. The van der Waals surface area contributed by atoms with Gasteiger partial charge in [-0.2, -0.15) is 0 Å². The van der Waals surface area contributed by atoms with Gasteiger partial charge in [-0.15, -0.1) is 0 Å². The van der Waals surface area contributed by atoms with Gasteiger partial charge < -0.3 is 18.6 Å².